The lowest BCUT2D eigenvalue weighted by Gasteiger charge is -2.21. The molecule has 1 fully saturated rings. The van der Waals surface area contributed by atoms with Crippen LogP contribution in [0, 0.1) is 13.8 Å². The highest BCUT2D eigenvalue weighted by Gasteiger charge is 2.40. The number of hydrogen-bond acceptors (Lipinski definition) is 5. The topological polar surface area (TPSA) is 72.0 Å². The molecule has 7 heteroatoms. The van der Waals surface area contributed by atoms with Gasteiger partial charge in [-0.3, -0.25) is 9.58 Å². The lowest BCUT2D eigenvalue weighted by Crippen LogP contribution is -2.31. The van der Waals surface area contributed by atoms with Crippen LogP contribution in [0.3, 0.4) is 0 Å². The summed E-state index contributed by atoms with van der Waals surface area (Å²) in [5, 5.41) is 23.8. The van der Waals surface area contributed by atoms with Gasteiger partial charge in [0.2, 0.25) is 0 Å². The molecular weight excluding hydrogens is 292 g/mol. The number of nitrogens with zero attached hydrogens (tertiary/aromatic N) is 6. The maximum atomic E-state index is 11.0. The summed E-state index contributed by atoms with van der Waals surface area (Å²) in [5.74, 6) is 0. The molecule has 0 unspecified atom stereocenters. The van der Waals surface area contributed by atoms with Crippen LogP contribution in [-0.2, 0) is 19.2 Å². The van der Waals surface area contributed by atoms with E-state index in [9.17, 15) is 5.11 Å². The lowest BCUT2D eigenvalue weighted by molar-refractivity contribution is 0.0408. The Bertz CT molecular complexity index is 703. The van der Waals surface area contributed by atoms with Gasteiger partial charge in [-0.1, -0.05) is 5.21 Å². The van der Waals surface area contributed by atoms with Gasteiger partial charge in [-0.2, -0.15) is 5.10 Å². The van der Waals surface area contributed by atoms with E-state index in [1.54, 1.807) is 4.68 Å². The number of hydrogen-bond donors (Lipinski definition) is 1. The van der Waals surface area contributed by atoms with Crippen LogP contribution >= 0.6 is 0 Å². The summed E-state index contributed by atoms with van der Waals surface area (Å²) in [4.78, 5) is 2.27. The van der Waals surface area contributed by atoms with Gasteiger partial charge >= 0.3 is 0 Å². The number of aryl methyl sites for hydroxylation is 2. The molecule has 0 saturated carbocycles. The maximum Gasteiger partial charge on any atom is 0.124 e. The second-order valence-corrected chi connectivity index (χ2v) is 6.94. The second kappa shape index (κ2) is 5.72. The van der Waals surface area contributed by atoms with Gasteiger partial charge in [-0.05, 0) is 34.1 Å². The zero-order valence-electron chi connectivity index (χ0n) is 14.6. The molecule has 3 heterocycles. The van der Waals surface area contributed by atoms with E-state index >= 15 is 0 Å². The van der Waals surface area contributed by atoms with Gasteiger partial charge in [0.25, 0.3) is 0 Å². The van der Waals surface area contributed by atoms with Crippen LogP contribution < -0.4 is 0 Å². The molecule has 0 aliphatic carbocycles. The molecule has 2 aromatic rings. The van der Waals surface area contributed by atoms with E-state index in [0.29, 0.717) is 18.7 Å². The van der Waals surface area contributed by atoms with Crippen molar-refractivity contribution >= 4 is 0 Å². The smallest absolute Gasteiger partial charge is 0.124 e. The molecule has 1 atom stereocenters. The number of β-amino-alcohol motifs (C(OH)–C–C–N with tert-alkyl or cyclic N) is 1. The molecule has 0 bridgehead atoms. The van der Waals surface area contributed by atoms with E-state index in [4.69, 9.17) is 0 Å². The molecule has 3 rings (SSSR count). The van der Waals surface area contributed by atoms with E-state index in [1.165, 1.54) is 11.3 Å². The van der Waals surface area contributed by atoms with Crippen molar-refractivity contribution in [3.63, 3.8) is 0 Å². The molecule has 0 radical (unpaired) electrons. The Morgan fingerprint density at radius 2 is 2.09 bits per heavy atom. The molecular formula is C16H26N6O. The Hall–Kier alpha value is -1.73. The monoisotopic (exact) mass is 318 g/mol. The number of aliphatic hydroxyl groups is 1. The average molecular weight is 318 g/mol. The average Bonchev–Trinajstić information content (AvgIpc) is 3.16. The minimum Gasteiger partial charge on any atom is -0.382 e. The fraction of sp³-hybridized carbons (Fsp3) is 0.688. The normalized spacial score (nSPS) is 22.4. The zero-order chi connectivity index (χ0) is 16.8. The largest absolute Gasteiger partial charge is 0.382 e. The van der Waals surface area contributed by atoms with E-state index in [2.05, 4.69) is 41.1 Å². The van der Waals surface area contributed by atoms with Gasteiger partial charge < -0.3 is 5.11 Å². The number of likely N-dealkylation sites (tertiary alicyclic amines) is 1. The van der Waals surface area contributed by atoms with Crippen molar-refractivity contribution in [1.29, 1.82) is 0 Å². The molecule has 0 aromatic carbocycles. The Balaban J connectivity index is 1.74. The van der Waals surface area contributed by atoms with Crippen LogP contribution in [0.15, 0.2) is 6.20 Å². The number of rotatable bonds is 4. The lowest BCUT2D eigenvalue weighted by atomic mass is 10.00. The molecule has 126 valence electrons. The molecule has 0 spiro atoms. The first kappa shape index (κ1) is 16.1. The minimum absolute atomic E-state index is 0.248. The third-order valence-corrected chi connectivity index (χ3v) is 4.88. The van der Waals surface area contributed by atoms with Crippen LogP contribution in [0.4, 0.5) is 0 Å². The summed E-state index contributed by atoms with van der Waals surface area (Å²) in [5.41, 5.74) is 3.27. The fourth-order valence-corrected chi connectivity index (χ4v) is 3.23. The Labute approximate surface area is 136 Å². The molecule has 0 amide bonds. The van der Waals surface area contributed by atoms with Gasteiger partial charge in [0.15, 0.2) is 0 Å². The Morgan fingerprint density at radius 1 is 1.35 bits per heavy atom. The third kappa shape index (κ3) is 2.90. The highest BCUT2D eigenvalue weighted by Crippen LogP contribution is 2.32. The third-order valence-electron chi connectivity index (χ3n) is 4.88. The van der Waals surface area contributed by atoms with Crippen LogP contribution in [0.1, 0.15) is 49.0 Å². The molecule has 23 heavy (non-hydrogen) atoms. The van der Waals surface area contributed by atoms with Crippen molar-refractivity contribution in [2.45, 2.75) is 52.3 Å². The van der Waals surface area contributed by atoms with Crippen molar-refractivity contribution in [1.82, 2.24) is 29.7 Å². The minimum atomic E-state index is -0.906. The van der Waals surface area contributed by atoms with Crippen molar-refractivity contribution in [3.05, 3.63) is 28.8 Å². The van der Waals surface area contributed by atoms with Crippen LogP contribution in [0.2, 0.25) is 0 Å². The summed E-state index contributed by atoms with van der Waals surface area (Å²) in [7, 11) is 1.97. The van der Waals surface area contributed by atoms with Gasteiger partial charge in [-0.15, -0.1) is 5.10 Å². The predicted octanol–water partition coefficient (Wildman–Crippen LogP) is 1.30. The summed E-state index contributed by atoms with van der Waals surface area (Å²) in [6.45, 7) is 10.5. The standard InChI is InChI=1S/C16H26N6O/c1-11(2)22-9-15(17-19-22)16(23)6-7-21(10-16)8-14-12(3)18-20(5)13(14)4/h9,11,23H,6-8,10H2,1-5H3/t16-/m1/s1. The van der Waals surface area contributed by atoms with E-state index < -0.39 is 5.60 Å². The summed E-state index contributed by atoms with van der Waals surface area (Å²) < 4.78 is 3.71. The van der Waals surface area contributed by atoms with Gasteiger partial charge in [0.05, 0.1) is 11.9 Å². The first-order chi connectivity index (χ1) is 10.8. The molecule has 1 aliphatic rings. The van der Waals surface area contributed by atoms with Crippen molar-refractivity contribution in [2.24, 2.45) is 7.05 Å². The second-order valence-electron chi connectivity index (χ2n) is 6.94. The zero-order valence-corrected chi connectivity index (χ0v) is 14.6. The first-order valence-electron chi connectivity index (χ1n) is 8.16. The van der Waals surface area contributed by atoms with Crippen molar-refractivity contribution in [3.8, 4) is 0 Å². The molecule has 1 saturated heterocycles. The summed E-state index contributed by atoms with van der Waals surface area (Å²) in [6, 6.07) is 0.248. The molecule has 2 aromatic heterocycles. The highest BCUT2D eigenvalue weighted by molar-refractivity contribution is 5.24. The predicted molar refractivity (Wildman–Crippen MR) is 86.9 cm³/mol. The van der Waals surface area contributed by atoms with Crippen molar-refractivity contribution in [2.75, 3.05) is 13.1 Å². The van der Waals surface area contributed by atoms with E-state index in [1.807, 2.05) is 24.9 Å². The SMILES string of the molecule is Cc1nn(C)c(C)c1CN1CC[C@](O)(c2cn(C(C)C)nn2)C1. The quantitative estimate of drug-likeness (QED) is 0.920. The van der Waals surface area contributed by atoms with Gasteiger partial charge in [0, 0.05) is 44.0 Å². The molecule has 1 N–H and O–H groups in total. The van der Waals surface area contributed by atoms with Gasteiger partial charge in [-0.25, -0.2) is 4.68 Å². The number of aromatic nitrogens is 5. The Morgan fingerprint density at radius 3 is 2.65 bits per heavy atom. The van der Waals surface area contributed by atoms with Crippen molar-refractivity contribution < 1.29 is 5.11 Å². The van der Waals surface area contributed by atoms with Crippen LogP contribution in [-0.4, -0.2) is 47.9 Å². The summed E-state index contributed by atoms with van der Waals surface area (Å²) >= 11 is 0. The first-order valence-corrected chi connectivity index (χ1v) is 8.16. The fourth-order valence-electron chi connectivity index (χ4n) is 3.23. The summed E-state index contributed by atoms with van der Waals surface area (Å²) in [6.07, 6.45) is 2.55. The Kier molecular flexibility index (Phi) is 4.01. The van der Waals surface area contributed by atoms with E-state index in [0.717, 1.165) is 18.8 Å². The van der Waals surface area contributed by atoms with Crippen LogP contribution in [0.25, 0.3) is 0 Å². The van der Waals surface area contributed by atoms with Crippen LogP contribution in [0.5, 0.6) is 0 Å². The highest BCUT2D eigenvalue weighted by atomic mass is 16.3. The maximum absolute atomic E-state index is 11.0. The van der Waals surface area contributed by atoms with Gasteiger partial charge in [0.1, 0.15) is 11.3 Å². The van der Waals surface area contributed by atoms with E-state index in [-0.39, 0.29) is 6.04 Å². The molecule has 1 aliphatic heterocycles. The molecule has 7 nitrogen and oxygen atoms in total.